The van der Waals surface area contributed by atoms with Crippen LogP contribution >= 0.6 is 11.6 Å². The summed E-state index contributed by atoms with van der Waals surface area (Å²) in [6.45, 7) is 0. The Kier molecular flexibility index (Phi) is 6.54. The zero-order chi connectivity index (χ0) is 18.2. The van der Waals surface area contributed by atoms with Gasteiger partial charge in [-0.1, -0.05) is 11.6 Å². The van der Waals surface area contributed by atoms with Crippen LogP contribution in [0.1, 0.15) is 23.2 Å². The summed E-state index contributed by atoms with van der Waals surface area (Å²) in [4.78, 5) is 35.2. The normalized spacial score (nSPS) is 10.0. The molecule has 2 aromatic rings. The third kappa shape index (κ3) is 5.93. The molecule has 25 heavy (non-hydrogen) atoms. The minimum atomic E-state index is -0.322. The molecule has 0 saturated carbocycles. The van der Waals surface area contributed by atoms with Crippen LogP contribution < -0.4 is 16.0 Å². The van der Waals surface area contributed by atoms with Crippen LogP contribution in [-0.4, -0.2) is 24.8 Å². The van der Waals surface area contributed by atoms with Crippen LogP contribution in [0.2, 0.25) is 5.02 Å². The van der Waals surface area contributed by atoms with Gasteiger partial charge < -0.3 is 16.0 Å². The molecular formula is C18H18ClN3O3. The van der Waals surface area contributed by atoms with E-state index in [0.717, 1.165) is 0 Å². The zero-order valence-electron chi connectivity index (χ0n) is 13.6. The lowest BCUT2D eigenvalue weighted by Gasteiger charge is -2.07. The number of hydrogen-bond donors (Lipinski definition) is 3. The lowest BCUT2D eigenvalue weighted by molar-refractivity contribution is -0.116. The third-order valence-corrected chi connectivity index (χ3v) is 3.65. The van der Waals surface area contributed by atoms with Crippen molar-refractivity contribution >= 4 is 40.7 Å². The van der Waals surface area contributed by atoms with E-state index in [4.69, 9.17) is 11.6 Å². The molecule has 0 saturated heterocycles. The maximum Gasteiger partial charge on any atom is 0.318 e. The van der Waals surface area contributed by atoms with Crippen LogP contribution in [-0.2, 0) is 4.79 Å². The number of amides is 3. The first-order chi connectivity index (χ1) is 12.0. The number of carbonyl (C=O) groups is 3. The average molecular weight is 360 g/mol. The molecule has 2 rings (SSSR count). The smallest absolute Gasteiger partial charge is 0.318 e. The Hall–Kier alpha value is -2.86. The summed E-state index contributed by atoms with van der Waals surface area (Å²) >= 11 is 5.78. The fourth-order valence-corrected chi connectivity index (χ4v) is 2.19. The van der Waals surface area contributed by atoms with Crippen LogP contribution in [0.15, 0.2) is 48.5 Å². The Bertz CT molecular complexity index is 758. The second-order valence-electron chi connectivity index (χ2n) is 5.26. The summed E-state index contributed by atoms with van der Waals surface area (Å²) in [5, 5.41) is 8.33. The Labute approximate surface area is 150 Å². The van der Waals surface area contributed by atoms with Crippen molar-refractivity contribution in [3.8, 4) is 0 Å². The highest BCUT2D eigenvalue weighted by molar-refractivity contribution is 6.30. The number of nitrogens with one attached hydrogen (secondary N) is 3. The molecule has 0 aliphatic heterocycles. The van der Waals surface area contributed by atoms with Crippen molar-refractivity contribution in [2.45, 2.75) is 12.8 Å². The van der Waals surface area contributed by atoms with Crippen molar-refractivity contribution in [1.82, 2.24) is 5.32 Å². The summed E-state index contributed by atoms with van der Waals surface area (Å²) in [5.74, 6) is -0.369. The first-order valence-electron chi connectivity index (χ1n) is 7.65. The maximum absolute atomic E-state index is 12.0. The molecule has 3 amide bonds. The molecule has 0 aliphatic rings. The number of benzene rings is 2. The van der Waals surface area contributed by atoms with Crippen molar-refractivity contribution in [2.75, 3.05) is 17.7 Å². The van der Waals surface area contributed by atoms with Gasteiger partial charge in [-0.05, 0) is 48.5 Å². The molecule has 130 valence electrons. The number of hydrogen-bond acceptors (Lipinski definition) is 3. The number of Topliss-reactive ketones (excluding diaryl/α,β-unsaturated/α-hetero) is 1. The van der Waals surface area contributed by atoms with E-state index in [1.165, 1.54) is 7.05 Å². The molecule has 0 heterocycles. The maximum atomic E-state index is 12.0. The zero-order valence-corrected chi connectivity index (χ0v) is 14.4. The van der Waals surface area contributed by atoms with Gasteiger partial charge in [-0.15, -0.1) is 0 Å². The van der Waals surface area contributed by atoms with Gasteiger partial charge in [0.1, 0.15) is 0 Å². The number of urea groups is 1. The number of rotatable bonds is 6. The predicted octanol–water partition coefficient (Wildman–Crippen LogP) is 3.69. The largest absolute Gasteiger partial charge is 0.341 e. The Balaban J connectivity index is 1.82. The molecule has 6 nitrogen and oxygen atoms in total. The standard InChI is InChI=1S/C18H18ClN3O3/c1-20-18(25)22-15-8-6-14(7-9-15)21-17(24)11-10-16(23)12-2-4-13(19)5-3-12/h2-9H,10-11H2,1H3,(H,21,24)(H2,20,22,25). The molecule has 0 spiro atoms. The topological polar surface area (TPSA) is 87.3 Å². The third-order valence-electron chi connectivity index (χ3n) is 3.40. The lowest BCUT2D eigenvalue weighted by atomic mass is 10.1. The molecule has 0 bridgehead atoms. The van der Waals surface area contributed by atoms with Gasteiger partial charge in [0, 0.05) is 41.9 Å². The van der Waals surface area contributed by atoms with E-state index in [-0.39, 0.29) is 30.6 Å². The van der Waals surface area contributed by atoms with Gasteiger partial charge >= 0.3 is 6.03 Å². The van der Waals surface area contributed by atoms with E-state index in [2.05, 4.69) is 16.0 Å². The second-order valence-corrected chi connectivity index (χ2v) is 5.70. The Morgan fingerprint density at radius 1 is 0.840 bits per heavy atom. The molecule has 0 aliphatic carbocycles. The van der Waals surface area contributed by atoms with E-state index in [0.29, 0.717) is 22.0 Å². The van der Waals surface area contributed by atoms with Gasteiger partial charge in [-0.25, -0.2) is 4.79 Å². The van der Waals surface area contributed by atoms with E-state index >= 15 is 0 Å². The predicted molar refractivity (Wildman–Crippen MR) is 98.2 cm³/mol. The number of anilines is 2. The fraction of sp³-hybridized carbons (Fsp3) is 0.167. The highest BCUT2D eigenvalue weighted by atomic mass is 35.5. The first-order valence-corrected chi connectivity index (χ1v) is 8.03. The highest BCUT2D eigenvalue weighted by Gasteiger charge is 2.10. The summed E-state index contributed by atoms with van der Waals surface area (Å²) in [6.07, 6.45) is 0.198. The minimum Gasteiger partial charge on any atom is -0.341 e. The summed E-state index contributed by atoms with van der Waals surface area (Å²) in [5.41, 5.74) is 1.73. The monoisotopic (exact) mass is 359 g/mol. The van der Waals surface area contributed by atoms with E-state index in [1.807, 2.05) is 0 Å². The quantitative estimate of drug-likeness (QED) is 0.687. The molecule has 0 unspecified atom stereocenters. The van der Waals surface area contributed by atoms with Gasteiger partial charge in [0.2, 0.25) is 5.91 Å². The average Bonchev–Trinajstić information content (AvgIpc) is 2.62. The van der Waals surface area contributed by atoms with E-state index < -0.39 is 0 Å². The molecule has 7 heteroatoms. The summed E-state index contributed by atoms with van der Waals surface area (Å²) in [6, 6.07) is 12.9. The minimum absolute atomic E-state index is 0.0830. The summed E-state index contributed by atoms with van der Waals surface area (Å²) in [7, 11) is 1.52. The number of halogens is 1. The van der Waals surface area contributed by atoms with Crippen molar-refractivity contribution in [1.29, 1.82) is 0 Å². The molecule has 3 N–H and O–H groups in total. The van der Waals surface area contributed by atoms with Crippen molar-refractivity contribution in [3.63, 3.8) is 0 Å². The molecular weight excluding hydrogens is 342 g/mol. The van der Waals surface area contributed by atoms with Gasteiger partial charge in [0.15, 0.2) is 5.78 Å². The van der Waals surface area contributed by atoms with Gasteiger partial charge in [-0.3, -0.25) is 9.59 Å². The molecule has 0 atom stereocenters. The van der Waals surface area contributed by atoms with Gasteiger partial charge in [0.25, 0.3) is 0 Å². The fourth-order valence-electron chi connectivity index (χ4n) is 2.06. The number of ketones is 1. The van der Waals surface area contributed by atoms with Crippen molar-refractivity contribution in [2.24, 2.45) is 0 Å². The Morgan fingerprint density at radius 2 is 1.40 bits per heavy atom. The lowest BCUT2D eigenvalue weighted by Crippen LogP contribution is -2.24. The molecule has 2 aromatic carbocycles. The molecule has 0 aromatic heterocycles. The SMILES string of the molecule is CNC(=O)Nc1ccc(NC(=O)CCC(=O)c2ccc(Cl)cc2)cc1. The number of carbonyl (C=O) groups excluding carboxylic acids is 3. The van der Waals surface area contributed by atoms with Crippen LogP contribution in [0.4, 0.5) is 16.2 Å². The van der Waals surface area contributed by atoms with Crippen LogP contribution in [0.5, 0.6) is 0 Å². The second kappa shape index (κ2) is 8.84. The van der Waals surface area contributed by atoms with Gasteiger partial charge in [0.05, 0.1) is 0 Å². The highest BCUT2D eigenvalue weighted by Crippen LogP contribution is 2.15. The molecule has 0 fully saturated rings. The van der Waals surface area contributed by atoms with Crippen LogP contribution in [0.25, 0.3) is 0 Å². The van der Waals surface area contributed by atoms with Crippen LogP contribution in [0, 0.1) is 0 Å². The Morgan fingerprint density at radius 3 is 1.96 bits per heavy atom. The molecule has 0 radical (unpaired) electrons. The van der Waals surface area contributed by atoms with E-state index in [1.54, 1.807) is 48.5 Å². The van der Waals surface area contributed by atoms with Gasteiger partial charge in [-0.2, -0.15) is 0 Å². The van der Waals surface area contributed by atoms with Crippen molar-refractivity contribution in [3.05, 3.63) is 59.1 Å². The first kappa shape index (κ1) is 18.5. The van der Waals surface area contributed by atoms with Crippen molar-refractivity contribution < 1.29 is 14.4 Å². The van der Waals surface area contributed by atoms with E-state index in [9.17, 15) is 14.4 Å². The summed E-state index contributed by atoms with van der Waals surface area (Å²) < 4.78 is 0. The van der Waals surface area contributed by atoms with Crippen LogP contribution in [0.3, 0.4) is 0 Å².